The van der Waals surface area contributed by atoms with E-state index >= 15 is 0 Å². The van der Waals surface area contributed by atoms with Gasteiger partial charge in [-0.3, -0.25) is 0 Å². The van der Waals surface area contributed by atoms with Crippen LogP contribution in [0.2, 0.25) is 0 Å². The molecule has 0 N–H and O–H groups in total. The molecule has 1 fully saturated rings. The minimum atomic E-state index is 0.425. The molecule has 1 heterocycles. The number of thioether (sulfide) groups is 1. The number of alkyl halides is 1. The molecule has 1 aliphatic rings. The van der Waals surface area contributed by atoms with E-state index in [1.165, 1.54) is 35.5 Å². The first kappa shape index (κ1) is 14.3. The zero-order chi connectivity index (χ0) is 13.2. The van der Waals surface area contributed by atoms with Crippen molar-refractivity contribution in [1.29, 1.82) is 0 Å². The van der Waals surface area contributed by atoms with Gasteiger partial charge in [-0.1, -0.05) is 47.5 Å². The van der Waals surface area contributed by atoms with E-state index < -0.39 is 0 Å². The molecule has 0 unspecified atom stereocenters. The first-order chi connectivity index (χ1) is 8.52. The van der Waals surface area contributed by atoms with Gasteiger partial charge >= 0.3 is 0 Å². The number of nitrogens with zero attached hydrogens (tertiary/aromatic N) is 1. The summed E-state index contributed by atoms with van der Waals surface area (Å²) >= 11 is 5.72. The van der Waals surface area contributed by atoms with Crippen LogP contribution in [-0.2, 0) is 5.33 Å². The zero-order valence-electron chi connectivity index (χ0n) is 11.5. The molecule has 1 aromatic carbocycles. The molecule has 1 nitrogen and oxygen atoms in total. The Bertz CT molecular complexity index is 417. The molecule has 0 amide bonds. The van der Waals surface area contributed by atoms with Gasteiger partial charge in [-0.15, -0.1) is 0 Å². The fraction of sp³-hybridized carbons (Fsp3) is 0.600. The highest BCUT2D eigenvalue weighted by Gasteiger charge is 2.24. The Kier molecular flexibility index (Phi) is 4.65. The quantitative estimate of drug-likeness (QED) is 0.729. The third kappa shape index (κ3) is 3.45. The van der Waals surface area contributed by atoms with Crippen LogP contribution in [0.4, 0.5) is 5.69 Å². The van der Waals surface area contributed by atoms with Crippen molar-refractivity contribution in [2.45, 2.75) is 37.3 Å². The molecule has 1 aliphatic heterocycles. The van der Waals surface area contributed by atoms with Gasteiger partial charge in [0.05, 0.1) is 0 Å². The molecule has 0 spiro atoms. The van der Waals surface area contributed by atoms with Crippen molar-refractivity contribution in [1.82, 2.24) is 0 Å². The summed E-state index contributed by atoms with van der Waals surface area (Å²) in [6, 6.07) is 6.81. The Hall–Kier alpha value is -0.150. The molecule has 0 aromatic heterocycles. The minimum Gasteiger partial charge on any atom is -0.370 e. The SMILES string of the molecule is Cc1ccc(N2CCSC(C)(C)CC2)c(CBr)c1. The summed E-state index contributed by atoms with van der Waals surface area (Å²) in [7, 11) is 0. The molecule has 0 bridgehead atoms. The van der Waals surface area contributed by atoms with Gasteiger partial charge in [-0.2, -0.15) is 11.8 Å². The summed E-state index contributed by atoms with van der Waals surface area (Å²) in [6.45, 7) is 9.22. The van der Waals surface area contributed by atoms with E-state index in [0.29, 0.717) is 4.75 Å². The van der Waals surface area contributed by atoms with Crippen LogP contribution in [0.3, 0.4) is 0 Å². The number of benzene rings is 1. The summed E-state index contributed by atoms with van der Waals surface area (Å²) in [5.41, 5.74) is 4.17. The lowest BCUT2D eigenvalue weighted by Gasteiger charge is -2.26. The Labute approximate surface area is 123 Å². The molecule has 100 valence electrons. The predicted molar refractivity (Wildman–Crippen MR) is 87.2 cm³/mol. The van der Waals surface area contributed by atoms with E-state index in [1.807, 2.05) is 0 Å². The van der Waals surface area contributed by atoms with Crippen LogP contribution in [0.5, 0.6) is 0 Å². The lowest BCUT2D eigenvalue weighted by Crippen LogP contribution is -2.27. The number of rotatable bonds is 2. The number of aryl methyl sites for hydroxylation is 1. The maximum atomic E-state index is 3.62. The summed E-state index contributed by atoms with van der Waals surface area (Å²) in [4.78, 5) is 2.55. The highest BCUT2D eigenvalue weighted by Crippen LogP contribution is 2.33. The zero-order valence-corrected chi connectivity index (χ0v) is 13.9. The summed E-state index contributed by atoms with van der Waals surface area (Å²) in [5.74, 6) is 1.22. The van der Waals surface area contributed by atoms with Gasteiger partial charge in [-0.05, 0) is 25.0 Å². The molecule has 1 aromatic rings. The van der Waals surface area contributed by atoms with Crippen LogP contribution in [0.15, 0.2) is 18.2 Å². The minimum absolute atomic E-state index is 0.425. The van der Waals surface area contributed by atoms with Gasteiger partial charge in [0.1, 0.15) is 0 Å². The van der Waals surface area contributed by atoms with Crippen molar-refractivity contribution in [2.24, 2.45) is 0 Å². The smallest absolute Gasteiger partial charge is 0.0407 e. The van der Waals surface area contributed by atoms with Gasteiger partial charge in [0.15, 0.2) is 0 Å². The van der Waals surface area contributed by atoms with Crippen molar-refractivity contribution in [3.05, 3.63) is 29.3 Å². The molecule has 0 radical (unpaired) electrons. The number of hydrogen-bond acceptors (Lipinski definition) is 2. The van der Waals surface area contributed by atoms with E-state index in [4.69, 9.17) is 0 Å². The molecule has 0 saturated carbocycles. The highest BCUT2D eigenvalue weighted by molar-refractivity contribution is 9.08. The van der Waals surface area contributed by atoms with Crippen LogP contribution in [0.1, 0.15) is 31.4 Å². The average Bonchev–Trinajstić information content (AvgIpc) is 2.50. The predicted octanol–water partition coefficient (Wildman–Crippen LogP) is 4.61. The Balaban J connectivity index is 2.21. The van der Waals surface area contributed by atoms with Crippen LogP contribution >= 0.6 is 27.7 Å². The van der Waals surface area contributed by atoms with E-state index in [9.17, 15) is 0 Å². The number of halogens is 1. The van der Waals surface area contributed by atoms with E-state index in [2.05, 4.69) is 71.6 Å². The largest absolute Gasteiger partial charge is 0.370 e. The van der Waals surface area contributed by atoms with Gasteiger partial charge in [0, 0.05) is 34.6 Å². The van der Waals surface area contributed by atoms with Crippen LogP contribution in [0.25, 0.3) is 0 Å². The Morgan fingerprint density at radius 1 is 1.33 bits per heavy atom. The average molecular weight is 328 g/mol. The number of hydrogen-bond donors (Lipinski definition) is 0. The summed E-state index contributed by atoms with van der Waals surface area (Å²) < 4.78 is 0.425. The van der Waals surface area contributed by atoms with Crippen LogP contribution in [-0.4, -0.2) is 23.6 Å². The van der Waals surface area contributed by atoms with Crippen molar-refractivity contribution < 1.29 is 0 Å². The lowest BCUT2D eigenvalue weighted by atomic mass is 10.1. The maximum Gasteiger partial charge on any atom is 0.0407 e. The standard InChI is InChI=1S/C15H22BrNS/c1-12-4-5-14(13(10-12)11-16)17-7-6-15(2,3)18-9-8-17/h4-5,10H,6-9,11H2,1-3H3. The summed E-state index contributed by atoms with van der Waals surface area (Å²) in [5, 5.41) is 0.942. The van der Waals surface area contributed by atoms with Gasteiger partial charge in [0.25, 0.3) is 0 Å². The molecule has 2 rings (SSSR count). The van der Waals surface area contributed by atoms with Crippen molar-refractivity contribution in [3.8, 4) is 0 Å². The first-order valence-electron chi connectivity index (χ1n) is 6.56. The fourth-order valence-corrected chi connectivity index (χ4v) is 3.94. The second kappa shape index (κ2) is 5.87. The van der Waals surface area contributed by atoms with Gasteiger partial charge in [-0.25, -0.2) is 0 Å². The van der Waals surface area contributed by atoms with Crippen molar-refractivity contribution >= 4 is 33.4 Å². The molecular weight excluding hydrogens is 306 g/mol. The fourth-order valence-electron chi connectivity index (χ4n) is 2.39. The van der Waals surface area contributed by atoms with Gasteiger partial charge in [0.2, 0.25) is 0 Å². The molecule has 3 heteroatoms. The molecule has 1 saturated heterocycles. The summed E-state index contributed by atoms with van der Waals surface area (Å²) in [6.07, 6.45) is 1.26. The second-order valence-corrected chi connectivity index (χ2v) is 7.97. The monoisotopic (exact) mass is 327 g/mol. The Morgan fingerprint density at radius 3 is 2.83 bits per heavy atom. The molecule has 0 aliphatic carbocycles. The Morgan fingerprint density at radius 2 is 2.11 bits per heavy atom. The second-order valence-electron chi connectivity index (χ2n) is 5.61. The topological polar surface area (TPSA) is 3.24 Å². The molecular formula is C15H22BrNS. The lowest BCUT2D eigenvalue weighted by molar-refractivity contribution is 0.637. The third-order valence-corrected chi connectivity index (χ3v) is 5.53. The van der Waals surface area contributed by atoms with Crippen LogP contribution < -0.4 is 4.90 Å². The maximum absolute atomic E-state index is 3.62. The van der Waals surface area contributed by atoms with Crippen molar-refractivity contribution in [2.75, 3.05) is 23.7 Å². The van der Waals surface area contributed by atoms with Gasteiger partial charge < -0.3 is 4.90 Å². The third-order valence-electron chi connectivity index (χ3n) is 3.56. The normalized spacial score (nSPS) is 19.7. The van der Waals surface area contributed by atoms with Crippen molar-refractivity contribution in [3.63, 3.8) is 0 Å². The first-order valence-corrected chi connectivity index (χ1v) is 8.67. The number of anilines is 1. The highest BCUT2D eigenvalue weighted by atomic mass is 79.9. The van der Waals surface area contributed by atoms with E-state index in [1.54, 1.807) is 0 Å². The van der Waals surface area contributed by atoms with E-state index in [0.717, 1.165) is 11.9 Å². The van der Waals surface area contributed by atoms with E-state index in [-0.39, 0.29) is 0 Å². The molecule has 0 atom stereocenters. The van der Waals surface area contributed by atoms with Crippen LogP contribution in [0, 0.1) is 6.92 Å². The molecule has 18 heavy (non-hydrogen) atoms.